The Balaban J connectivity index is 3.09. The molecular weight excluding hydrogens is 234 g/mol. The fourth-order valence-corrected chi connectivity index (χ4v) is 2.70. The molecular formula is C17H29NO. The lowest BCUT2D eigenvalue weighted by atomic mass is 9.91. The zero-order valence-electron chi connectivity index (χ0n) is 13.3. The normalized spacial score (nSPS) is 14.7. The van der Waals surface area contributed by atoms with Crippen molar-refractivity contribution in [2.75, 3.05) is 13.2 Å². The van der Waals surface area contributed by atoms with Gasteiger partial charge in [-0.15, -0.1) is 0 Å². The van der Waals surface area contributed by atoms with E-state index in [9.17, 15) is 0 Å². The van der Waals surface area contributed by atoms with E-state index >= 15 is 0 Å². The lowest BCUT2D eigenvalue weighted by Crippen LogP contribution is -2.37. The van der Waals surface area contributed by atoms with Crippen LogP contribution in [-0.4, -0.2) is 19.3 Å². The summed E-state index contributed by atoms with van der Waals surface area (Å²) in [6, 6.07) is 7.03. The summed E-state index contributed by atoms with van der Waals surface area (Å²) < 4.78 is 5.99. The van der Waals surface area contributed by atoms with Crippen molar-refractivity contribution in [1.82, 2.24) is 5.32 Å². The maximum atomic E-state index is 5.99. The largest absolute Gasteiger partial charge is 0.376 e. The highest BCUT2D eigenvalue weighted by molar-refractivity contribution is 5.31. The smallest absolute Gasteiger partial charge is 0.0792 e. The van der Waals surface area contributed by atoms with Crippen LogP contribution in [0.4, 0.5) is 0 Å². The van der Waals surface area contributed by atoms with Crippen molar-refractivity contribution in [2.45, 2.75) is 53.7 Å². The van der Waals surface area contributed by atoms with Crippen LogP contribution in [0, 0.1) is 19.8 Å². The maximum absolute atomic E-state index is 5.99. The number of ether oxygens (including phenoxy) is 1. The van der Waals surface area contributed by atoms with Gasteiger partial charge in [-0.2, -0.15) is 0 Å². The number of nitrogens with one attached hydrogen (secondary N) is 1. The first kappa shape index (κ1) is 16.2. The topological polar surface area (TPSA) is 21.3 Å². The van der Waals surface area contributed by atoms with Crippen LogP contribution in [0.2, 0.25) is 0 Å². The number of hydrogen-bond acceptors (Lipinski definition) is 2. The molecule has 0 radical (unpaired) electrons. The first-order chi connectivity index (χ1) is 8.99. The molecule has 1 aromatic carbocycles. The van der Waals surface area contributed by atoms with E-state index in [1.165, 1.54) is 16.7 Å². The third kappa shape index (κ3) is 4.63. The molecule has 0 spiro atoms. The van der Waals surface area contributed by atoms with Gasteiger partial charge in [-0.25, -0.2) is 0 Å². The predicted octanol–water partition coefficient (Wildman–Crippen LogP) is 4.02. The monoisotopic (exact) mass is 263 g/mol. The Labute approximate surface area is 118 Å². The molecule has 19 heavy (non-hydrogen) atoms. The van der Waals surface area contributed by atoms with Crippen molar-refractivity contribution in [3.05, 3.63) is 34.9 Å². The molecule has 108 valence electrons. The van der Waals surface area contributed by atoms with Crippen molar-refractivity contribution in [2.24, 2.45) is 5.92 Å². The zero-order valence-corrected chi connectivity index (χ0v) is 13.3. The molecule has 1 N–H and O–H groups in total. The van der Waals surface area contributed by atoms with Gasteiger partial charge in [-0.1, -0.05) is 50.1 Å². The molecule has 1 rings (SSSR count). The summed E-state index contributed by atoms with van der Waals surface area (Å²) in [6.07, 6.45) is 0.214. The van der Waals surface area contributed by atoms with Crippen LogP contribution < -0.4 is 5.32 Å². The summed E-state index contributed by atoms with van der Waals surface area (Å²) in [5.74, 6) is 0.491. The van der Waals surface area contributed by atoms with Gasteiger partial charge in [0.2, 0.25) is 0 Å². The Kier molecular flexibility index (Phi) is 6.53. The van der Waals surface area contributed by atoms with Crippen LogP contribution in [-0.2, 0) is 4.74 Å². The second kappa shape index (κ2) is 7.66. The molecule has 2 atom stereocenters. The number of likely N-dealkylation sites (N-methyl/N-ethyl adjacent to an activating group) is 1. The van der Waals surface area contributed by atoms with Crippen molar-refractivity contribution in [1.29, 1.82) is 0 Å². The Hall–Kier alpha value is -0.860. The molecule has 0 aliphatic heterocycles. The molecule has 0 saturated carbocycles. The maximum Gasteiger partial charge on any atom is 0.0792 e. The zero-order chi connectivity index (χ0) is 14.4. The molecule has 0 fully saturated rings. The van der Waals surface area contributed by atoms with Crippen LogP contribution >= 0.6 is 0 Å². The molecule has 0 amide bonds. The number of benzene rings is 1. The number of hydrogen-bond donors (Lipinski definition) is 1. The van der Waals surface area contributed by atoms with E-state index in [0.29, 0.717) is 5.92 Å². The predicted molar refractivity (Wildman–Crippen MR) is 82.6 cm³/mol. The van der Waals surface area contributed by atoms with Crippen LogP contribution in [0.25, 0.3) is 0 Å². The Morgan fingerprint density at radius 3 is 2.05 bits per heavy atom. The lowest BCUT2D eigenvalue weighted by Gasteiger charge is -2.31. The molecule has 1 aromatic rings. The summed E-state index contributed by atoms with van der Waals surface area (Å²) in [7, 11) is 0. The fraction of sp³-hybridized carbons (Fsp3) is 0.647. The molecule has 0 aliphatic rings. The Bertz CT molecular complexity index is 367. The molecule has 0 aromatic heterocycles. The molecule has 0 bridgehead atoms. The number of rotatable bonds is 7. The van der Waals surface area contributed by atoms with Gasteiger partial charge in [0.15, 0.2) is 0 Å². The van der Waals surface area contributed by atoms with Gasteiger partial charge in [-0.05, 0) is 38.8 Å². The minimum atomic E-state index is 0.214. The molecule has 2 heteroatoms. The average Bonchev–Trinajstić information content (AvgIpc) is 2.32. The van der Waals surface area contributed by atoms with Crippen molar-refractivity contribution >= 4 is 0 Å². The van der Waals surface area contributed by atoms with Crippen molar-refractivity contribution < 1.29 is 4.74 Å². The Morgan fingerprint density at radius 2 is 1.63 bits per heavy atom. The van der Waals surface area contributed by atoms with Gasteiger partial charge in [-0.3, -0.25) is 0 Å². The SMILES string of the molecule is CCNC(c1cc(C)cc(C)c1)C(OCC)C(C)C. The quantitative estimate of drug-likeness (QED) is 0.802. The molecule has 0 saturated heterocycles. The summed E-state index contributed by atoms with van der Waals surface area (Å²) in [4.78, 5) is 0. The number of aryl methyl sites for hydroxylation is 2. The van der Waals surface area contributed by atoms with E-state index in [4.69, 9.17) is 4.74 Å². The third-order valence-electron chi connectivity index (χ3n) is 3.37. The van der Waals surface area contributed by atoms with E-state index in [-0.39, 0.29) is 12.1 Å². The lowest BCUT2D eigenvalue weighted by molar-refractivity contribution is 0.00316. The van der Waals surface area contributed by atoms with Crippen molar-refractivity contribution in [3.63, 3.8) is 0 Å². The van der Waals surface area contributed by atoms with E-state index < -0.39 is 0 Å². The van der Waals surface area contributed by atoms with Gasteiger partial charge in [0.1, 0.15) is 0 Å². The molecule has 2 nitrogen and oxygen atoms in total. The minimum absolute atomic E-state index is 0.214. The van der Waals surface area contributed by atoms with E-state index in [0.717, 1.165) is 13.2 Å². The van der Waals surface area contributed by atoms with Crippen LogP contribution in [0.15, 0.2) is 18.2 Å². The molecule has 2 unspecified atom stereocenters. The Morgan fingerprint density at radius 1 is 1.05 bits per heavy atom. The van der Waals surface area contributed by atoms with Gasteiger partial charge in [0.05, 0.1) is 12.1 Å². The highest BCUT2D eigenvalue weighted by Crippen LogP contribution is 2.26. The molecule has 0 heterocycles. The average molecular weight is 263 g/mol. The minimum Gasteiger partial charge on any atom is -0.376 e. The van der Waals surface area contributed by atoms with E-state index in [1.54, 1.807) is 0 Å². The summed E-state index contributed by atoms with van der Waals surface area (Å²) in [5, 5.41) is 3.59. The first-order valence-electron chi connectivity index (χ1n) is 7.42. The molecule has 0 aliphatic carbocycles. The van der Waals surface area contributed by atoms with Crippen LogP contribution in [0.1, 0.15) is 50.4 Å². The van der Waals surface area contributed by atoms with E-state index in [2.05, 4.69) is 65.1 Å². The third-order valence-corrected chi connectivity index (χ3v) is 3.37. The van der Waals surface area contributed by atoms with Gasteiger partial charge < -0.3 is 10.1 Å². The standard InChI is InChI=1S/C17H29NO/c1-7-18-16(17(12(3)4)19-8-2)15-10-13(5)9-14(6)11-15/h9-12,16-18H,7-8H2,1-6H3. The van der Waals surface area contributed by atoms with Crippen LogP contribution in [0.5, 0.6) is 0 Å². The fourth-order valence-electron chi connectivity index (χ4n) is 2.70. The summed E-state index contributed by atoms with van der Waals surface area (Å²) >= 11 is 0. The van der Waals surface area contributed by atoms with Gasteiger partial charge in [0.25, 0.3) is 0 Å². The van der Waals surface area contributed by atoms with Gasteiger partial charge in [0, 0.05) is 6.61 Å². The highest BCUT2D eigenvalue weighted by atomic mass is 16.5. The van der Waals surface area contributed by atoms with Crippen LogP contribution in [0.3, 0.4) is 0 Å². The van der Waals surface area contributed by atoms with Gasteiger partial charge >= 0.3 is 0 Å². The second-order valence-corrected chi connectivity index (χ2v) is 5.62. The highest BCUT2D eigenvalue weighted by Gasteiger charge is 2.26. The summed E-state index contributed by atoms with van der Waals surface area (Å²) in [5.41, 5.74) is 3.97. The summed E-state index contributed by atoms with van der Waals surface area (Å²) in [6.45, 7) is 14.7. The van der Waals surface area contributed by atoms with E-state index in [1.807, 2.05) is 0 Å². The second-order valence-electron chi connectivity index (χ2n) is 5.62. The van der Waals surface area contributed by atoms with Crippen molar-refractivity contribution in [3.8, 4) is 0 Å². The first-order valence-corrected chi connectivity index (χ1v) is 7.42.